The van der Waals surface area contributed by atoms with Crippen LogP contribution in [0.25, 0.3) is 0 Å². The van der Waals surface area contributed by atoms with E-state index in [9.17, 15) is 0 Å². The molecule has 0 aliphatic rings. The summed E-state index contributed by atoms with van der Waals surface area (Å²) in [7, 11) is 0. The summed E-state index contributed by atoms with van der Waals surface area (Å²) in [5.74, 6) is 0. The fourth-order valence-electron chi connectivity index (χ4n) is 3.51. The average Bonchev–Trinajstić information content (AvgIpc) is 2.64. The van der Waals surface area contributed by atoms with Crippen LogP contribution in [-0.4, -0.2) is 11.3 Å². The molecule has 170 valence electrons. The van der Waals surface area contributed by atoms with Crippen LogP contribution in [0.3, 0.4) is 0 Å². The minimum Gasteiger partial charge on any atom is -0.288 e. The van der Waals surface area contributed by atoms with Crippen molar-refractivity contribution in [2.24, 2.45) is 10.4 Å². The lowest BCUT2D eigenvalue weighted by atomic mass is 9.85. The van der Waals surface area contributed by atoms with E-state index in [0.717, 1.165) is 12.8 Å². The summed E-state index contributed by atoms with van der Waals surface area (Å²) < 4.78 is 0. The molecule has 0 bridgehead atoms. The van der Waals surface area contributed by atoms with E-state index in [4.69, 9.17) is 4.99 Å². The zero-order chi connectivity index (χ0) is 22.3. The molecule has 0 aliphatic heterocycles. The molecule has 0 unspecified atom stereocenters. The third-order valence-corrected chi connectivity index (χ3v) is 6.26. The molecule has 0 aromatic heterocycles. The normalized spacial score (nSPS) is 14.6. The standard InChI is InChI=1S/C28H53N/c1-10-12-13-14-15-22-28(8,9)29-26(5)20-19-24(3)17-16-18-25(4)21-23-27(6,7)11-2/h17,21H,10-16,18-20,22-23H2,1-9H3/b24-17+,25-21+,29-26?. The minimum atomic E-state index is 0.0993. The third-order valence-electron chi connectivity index (χ3n) is 6.26. The summed E-state index contributed by atoms with van der Waals surface area (Å²) in [6.45, 7) is 20.7. The molecule has 0 aromatic carbocycles. The Hall–Kier alpha value is -0.850. The van der Waals surface area contributed by atoms with Crippen molar-refractivity contribution in [2.45, 2.75) is 145 Å². The smallest absolute Gasteiger partial charge is 0.0551 e. The predicted molar refractivity (Wildman–Crippen MR) is 135 cm³/mol. The van der Waals surface area contributed by atoms with E-state index in [-0.39, 0.29) is 5.54 Å². The highest BCUT2D eigenvalue weighted by molar-refractivity contribution is 5.82. The lowest BCUT2D eigenvalue weighted by molar-refractivity contribution is 0.356. The van der Waals surface area contributed by atoms with Crippen molar-refractivity contribution in [1.29, 1.82) is 0 Å². The Morgan fingerprint density at radius 1 is 0.759 bits per heavy atom. The molecule has 0 rings (SSSR count). The van der Waals surface area contributed by atoms with Gasteiger partial charge >= 0.3 is 0 Å². The zero-order valence-corrected chi connectivity index (χ0v) is 21.6. The van der Waals surface area contributed by atoms with Gasteiger partial charge in [-0.1, -0.05) is 89.5 Å². The summed E-state index contributed by atoms with van der Waals surface area (Å²) in [6, 6.07) is 0. The summed E-state index contributed by atoms with van der Waals surface area (Å²) in [5.41, 5.74) is 4.90. The van der Waals surface area contributed by atoms with Crippen LogP contribution in [0.4, 0.5) is 0 Å². The van der Waals surface area contributed by atoms with E-state index < -0.39 is 0 Å². The van der Waals surface area contributed by atoms with Crippen LogP contribution in [0.2, 0.25) is 0 Å². The summed E-state index contributed by atoms with van der Waals surface area (Å²) in [6.07, 6.45) is 19.9. The van der Waals surface area contributed by atoms with Crippen molar-refractivity contribution >= 4 is 5.71 Å². The van der Waals surface area contributed by atoms with Crippen LogP contribution >= 0.6 is 0 Å². The van der Waals surface area contributed by atoms with Crippen LogP contribution in [0.15, 0.2) is 28.3 Å². The topological polar surface area (TPSA) is 12.4 Å². The molecule has 0 saturated heterocycles. The molecule has 0 fully saturated rings. The second-order valence-electron chi connectivity index (χ2n) is 10.7. The SMILES string of the molecule is CCCCCCCC(C)(C)N=C(C)CC/C(C)=C/CC/C(C)=C/CC(C)(C)CC. The Kier molecular flexibility index (Phi) is 14.6. The fraction of sp³-hybridized carbons (Fsp3) is 0.821. The molecular formula is C28H53N. The molecule has 0 atom stereocenters. The third kappa shape index (κ3) is 16.6. The van der Waals surface area contributed by atoms with Gasteiger partial charge in [0.25, 0.3) is 0 Å². The maximum atomic E-state index is 5.04. The number of allylic oxidation sites excluding steroid dienone is 4. The van der Waals surface area contributed by atoms with Gasteiger partial charge < -0.3 is 0 Å². The molecule has 1 nitrogen and oxygen atoms in total. The quantitative estimate of drug-likeness (QED) is 0.138. The van der Waals surface area contributed by atoms with Crippen LogP contribution < -0.4 is 0 Å². The Morgan fingerprint density at radius 2 is 1.38 bits per heavy atom. The molecule has 0 N–H and O–H groups in total. The molecule has 0 spiro atoms. The van der Waals surface area contributed by atoms with E-state index in [0.29, 0.717) is 5.41 Å². The van der Waals surface area contributed by atoms with E-state index in [1.165, 1.54) is 81.1 Å². The van der Waals surface area contributed by atoms with Gasteiger partial charge in [-0.25, -0.2) is 0 Å². The van der Waals surface area contributed by atoms with E-state index >= 15 is 0 Å². The molecule has 0 saturated carbocycles. The molecule has 0 heterocycles. The number of rotatable bonds is 16. The summed E-state index contributed by atoms with van der Waals surface area (Å²) in [4.78, 5) is 5.04. The van der Waals surface area contributed by atoms with Crippen molar-refractivity contribution in [3.63, 3.8) is 0 Å². The van der Waals surface area contributed by atoms with Crippen molar-refractivity contribution < 1.29 is 0 Å². The van der Waals surface area contributed by atoms with Gasteiger partial charge in [0, 0.05) is 5.71 Å². The van der Waals surface area contributed by atoms with Gasteiger partial charge in [-0.3, -0.25) is 4.99 Å². The molecule has 0 aromatic rings. The fourth-order valence-corrected chi connectivity index (χ4v) is 3.51. The van der Waals surface area contributed by atoms with Gasteiger partial charge in [0.1, 0.15) is 0 Å². The first-order valence-electron chi connectivity index (χ1n) is 12.4. The lowest BCUT2D eigenvalue weighted by Gasteiger charge is -2.21. The minimum absolute atomic E-state index is 0.0993. The van der Waals surface area contributed by atoms with Crippen molar-refractivity contribution in [3.05, 3.63) is 23.3 Å². The summed E-state index contributed by atoms with van der Waals surface area (Å²) >= 11 is 0. The van der Waals surface area contributed by atoms with E-state index in [1.807, 2.05) is 0 Å². The highest BCUT2D eigenvalue weighted by atomic mass is 14.8. The van der Waals surface area contributed by atoms with Gasteiger partial charge in [-0.15, -0.1) is 0 Å². The number of hydrogen-bond acceptors (Lipinski definition) is 1. The number of hydrogen-bond donors (Lipinski definition) is 0. The molecule has 1 heteroatoms. The average molecular weight is 404 g/mol. The molecule has 0 aliphatic carbocycles. The molecule has 29 heavy (non-hydrogen) atoms. The van der Waals surface area contributed by atoms with Crippen LogP contribution in [0.5, 0.6) is 0 Å². The zero-order valence-electron chi connectivity index (χ0n) is 21.6. The predicted octanol–water partition coefficient (Wildman–Crippen LogP) is 9.87. The number of unbranched alkanes of at least 4 members (excludes halogenated alkanes) is 4. The Balaban J connectivity index is 4.27. The largest absolute Gasteiger partial charge is 0.288 e. The molecular weight excluding hydrogens is 350 g/mol. The van der Waals surface area contributed by atoms with Gasteiger partial charge in [-0.2, -0.15) is 0 Å². The van der Waals surface area contributed by atoms with Crippen LogP contribution in [0, 0.1) is 5.41 Å². The maximum absolute atomic E-state index is 5.04. The van der Waals surface area contributed by atoms with Gasteiger partial charge in [-0.05, 0) is 78.6 Å². The number of nitrogens with zero attached hydrogens (tertiary/aromatic N) is 1. The molecule has 0 amide bonds. The first kappa shape index (κ1) is 28.1. The maximum Gasteiger partial charge on any atom is 0.0551 e. The second kappa shape index (κ2) is 15.0. The van der Waals surface area contributed by atoms with Gasteiger partial charge in [0.2, 0.25) is 0 Å². The van der Waals surface area contributed by atoms with Crippen molar-refractivity contribution in [2.75, 3.05) is 0 Å². The Labute approximate surface area is 184 Å². The van der Waals surface area contributed by atoms with Gasteiger partial charge in [0.15, 0.2) is 0 Å². The Bertz CT molecular complexity index is 516. The van der Waals surface area contributed by atoms with E-state index in [2.05, 4.69) is 74.5 Å². The molecule has 0 radical (unpaired) electrons. The highest BCUT2D eigenvalue weighted by Gasteiger charge is 2.15. The van der Waals surface area contributed by atoms with Crippen molar-refractivity contribution in [1.82, 2.24) is 0 Å². The van der Waals surface area contributed by atoms with Crippen molar-refractivity contribution in [3.8, 4) is 0 Å². The van der Waals surface area contributed by atoms with Gasteiger partial charge in [0.05, 0.1) is 5.54 Å². The monoisotopic (exact) mass is 403 g/mol. The first-order chi connectivity index (χ1) is 13.5. The second-order valence-corrected chi connectivity index (χ2v) is 10.7. The number of aliphatic imine (C=N–C) groups is 1. The van der Waals surface area contributed by atoms with Crippen LogP contribution in [-0.2, 0) is 0 Å². The Morgan fingerprint density at radius 3 is 2.00 bits per heavy atom. The summed E-state index contributed by atoms with van der Waals surface area (Å²) in [5, 5.41) is 0. The lowest BCUT2D eigenvalue weighted by Crippen LogP contribution is -2.18. The van der Waals surface area contributed by atoms with E-state index in [1.54, 1.807) is 0 Å². The van der Waals surface area contributed by atoms with Crippen LogP contribution in [0.1, 0.15) is 139 Å². The first-order valence-corrected chi connectivity index (χ1v) is 12.4. The highest BCUT2D eigenvalue weighted by Crippen LogP contribution is 2.26.